The fraction of sp³-hybridized carbons (Fsp3) is 0.400. The van der Waals surface area contributed by atoms with E-state index in [1.807, 2.05) is 38.1 Å². The minimum Gasteiger partial charge on any atom is -0.354 e. The van der Waals surface area contributed by atoms with Crippen molar-refractivity contribution in [1.29, 1.82) is 0 Å². The molecule has 3 heterocycles. The van der Waals surface area contributed by atoms with E-state index in [0.717, 1.165) is 48.2 Å². The summed E-state index contributed by atoms with van der Waals surface area (Å²) in [6.07, 6.45) is 5.10. The monoisotopic (exact) mass is 364 g/mol. The second-order valence-electron chi connectivity index (χ2n) is 7.18. The number of piperidine rings is 1. The van der Waals surface area contributed by atoms with Gasteiger partial charge >= 0.3 is 0 Å². The smallest absolute Gasteiger partial charge is 0.272 e. The minimum atomic E-state index is 0.0222. The van der Waals surface area contributed by atoms with Gasteiger partial charge in [0.2, 0.25) is 0 Å². The zero-order valence-corrected chi connectivity index (χ0v) is 16.0. The van der Waals surface area contributed by atoms with Crippen molar-refractivity contribution in [2.45, 2.75) is 25.8 Å². The molecule has 0 bridgehead atoms. The van der Waals surface area contributed by atoms with Gasteiger partial charge in [-0.15, -0.1) is 5.10 Å². The number of hydrogen-bond donors (Lipinski definition) is 0. The number of fused-ring (bicyclic) bond motifs is 1. The van der Waals surface area contributed by atoms with Gasteiger partial charge in [0, 0.05) is 44.0 Å². The van der Waals surface area contributed by atoms with Gasteiger partial charge in [-0.3, -0.25) is 4.79 Å². The Morgan fingerprint density at radius 2 is 1.85 bits per heavy atom. The van der Waals surface area contributed by atoms with Crippen molar-refractivity contribution in [3.63, 3.8) is 0 Å². The fourth-order valence-electron chi connectivity index (χ4n) is 3.83. The molecule has 140 valence electrons. The molecule has 0 N–H and O–H groups in total. The Morgan fingerprint density at radius 1 is 1.15 bits per heavy atom. The number of rotatable bonds is 3. The van der Waals surface area contributed by atoms with Gasteiger partial charge in [0.15, 0.2) is 5.82 Å². The summed E-state index contributed by atoms with van der Waals surface area (Å²) < 4.78 is 1.77. The molecule has 3 aromatic rings. The first-order chi connectivity index (χ1) is 13.1. The highest BCUT2D eigenvalue weighted by Crippen LogP contribution is 2.28. The van der Waals surface area contributed by atoms with Crippen molar-refractivity contribution in [2.75, 3.05) is 25.0 Å². The highest BCUT2D eigenvalue weighted by molar-refractivity contribution is 5.93. The van der Waals surface area contributed by atoms with Crippen LogP contribution in [-0.2, 0) is 7.05 Å². The normalized spacial score (nSPS) is 15.3. The molecule has 0 aliphatic carbocycles. The van der Waals surface area contributed by atoms with E-state index in [2.05, 4.69) is 32.2 Å². The first kappa shape index (κ1) is 17.5. The van der Waals surface area contributed by atoms with Crippen LogP contribution in [0.25, 0.3) is 10.8 Å². The van der Waals surface area contributed by atoms with Crippen LogP contribution < -0.4 is 4.90 Å². The molecule has 1 saturated heterocycles. The van der Waals surface area contributed by atoms with Crippen LogP contribution in [0.15, 0.2) is 36.8 Å². The Balaban J connectivity index is 1.49. The summed E-state index contributed by atoms with van der Waals surface area (Å²) in [6.45, 7) is 3.70. The highest BCUT2D eigenvalue weighted by Gasteiger charge is 2.28. The minimum absolute atomic E-state index is 0.0222. The van der Waals surface area contributed by atoms with E-state index in [4.69, 9.17) is 0 Å². The van der Waals surface area contributed by atoms with Crippen molar-refractivity contribution in [1.82, 2.24) is 24.6 Å². The molecule has 1 aliphatic heterocycles. The second kappa shape index (κ2) is 6.98. The lowest BCUT2D eigenvalue weighted by molar-refractivity contribution is 0.0699. The Kier molecular flexibility index (Phi) is 4.51. The number of carbonyl (C=O) groups is 1. The zero-order chi connectivity index (χ0) is 19.0. The molecule has 4 rings (SSSR count). The van der Waals surface area contributed by atoms with Crippen molar-refractivity contribution in [2.24, 2.45) is 7.05 Å². The van der Waals surface area contributed by atoms with E-state index in [0.29, 0.717) is 5.69 Å². The third-order valence-corrected chi connectivity index (χ3v) is 5.52. The quantitative estimate of drug-likeness (QED) is 0.714. The Morgan fingerprint density at radius 3 is 2.52 bits per heavy atom. The number of nitrogens with zero attached hydrogens (tertiary/aromatic N) is 6. The summed E-state index contributed by atoms with van der Waals surface area (Å²) in [4.78, 5) is 20.9. The summed E-state index contributed by atoms with van der Waals surface area (Å²) >= 11 is 0. The topological polar surface area (TPSA) is 67.2 Å². The third kappa shape index (κ3) is 3.13. The number of aromatic nitrogens is 4. The van der Waals surface area contributed by atoms with E-state index in [1.165, 1.54) is 0 Å². The summed E-state index contributed by atoms with van der Waals surface area (Å²) in [7, 11) is 3.73. The fourth-order valence-corrected chi connectivity index (χ4v) is 3.83. The molecule has 0 atom stereocenters. The van der Waals surface area contributed by atoms with Gasteiger partial charge in [-0.1, -0.05) is 24.3 Å². The number of aryl methyl sites for hydroxylation is 2. The Hall–Kier alpha value is -2.96. The molecule has 27 heavy (non-hydrogen) atoms. The van der Waals surface area contributed by atoms with Gasteiger partial charge in [-0.2, -0.15) is 5.10 Å². The van der Waals surface area contributed by atoms with Crippen LogP contribution in [0.3, 0.4) is 0 Å². The number of amides is 1. The first-order valence-electron chi connectivity index (χ1n) is 9.26. The van der Waals surface area contributed by atoms with Gasteiger partial charge in [0.1, 0.15) is 5.69 Å². The average Bonchev–Trinajstić information content (AvgIpc) is 3.13. The molecule has 0 spiro atoms. The van der Waals surface area contributed by atoms with Crippen molar-refractivity contribution in [3.8, 4) is 0 Å². The van der Waals surface area contributed by atoms with Gasteiger partial charge in [-0.05, 0) is 19.8 Å². The molecule has 0 saturated carbocycles. The van der Waals surface area contributed by atoms with Crippen LogP contribution in [0.5, 0.6) is 0 Å². The van der Waals surface area contributed by atoms with Gasteiger partial charge in [0.05, 0.1) is 18.2 Å². The predicted octanol–water partition coefficient (Wildman–Crippen LogP) is 2.41. The first-order valence-corrected chi connectivity index (χ1v) is 9.26. The number of benzene rings is 1. The van der Waals surface area contributed by atoms with Crippen LogP contribution >= 0.6 is 0 Å². The van der Waals surface area contributed by atoms with Crippen LogP contribution in [0.2, 0.25) is 0 Å². The van der Waals surface area contributed by atoms with Crippen LogP contribution in [0, 0.1) is 6.92 Å². The summed E-state index contributed by atoms with van der Waals surface area (Å²) in [6, 6.07) is 8.49. The van der Waals surface area contributed by atoms with Gasteiger partial charge < -0.3 is 14.4 Å². The van der Waals surface area contributed by atoms with Crippen molar-refractivity contribution < 1.29 is 4.79 Å². The zero-order valence-electron chi connectivity index (χ0n) is 16.0. The SMILES string of the molecule is Cc1nnc(N2CCC(N(C)C(=O)c3cncn3C)CC2)c2ccccc12. The number of carbonyl (C=O) groups excluding carboxylic acids is 1. The second-order valence-corrected chi connectivity index (χ2v) is 7.18. The molecular formula is C20H24N6O. The molecule has 2 aromatic heterocycles. The number of hydrogen-bond acceptors (Lipinski definition) is 5. The van der Waals surface area contributed by atoms with E-state index in [-0.39, 0.29) is 11.9 Å². The maximum absolute atomic E-state index is 12.7. The third-order valence-electron chi connectivity index (χ3n) is 5.52. The van der Waals surface area contributed by atoms with E-state index in [9.17, 15) is 4.79 Å². The highest BCUT2D eigenvalue weighted by atomic mass is 16.2. The van der Waals surface area contributed by atoms with Crippen molar-refractivity contribution >= 4 is 22.5 Å². The van der Waals surface area contributed by atoms with E-state index in [1.54, 1.807) is 17.1 Å². The van der Waals surface area contributed by atoms with Crippen LogP contribution in [-0.4, -0.2) is 56.7 Å². The number of imidazole rings is 1. The molecule has 1 aliphatic rings. The molecule has 0 unspecified atom stereocenters. The molecule has 0 radical (unpaired) electrons. The molecular weight excluding hydrogens is 340 g/mol. The molecule has 7 nitrogen and oxygen atoms in total. The summed E-state index contributed by atoms with van der Waals surface area (Å²) in [5.74, 6) is 0.962. The average molecular weight is 364 g/mol. The summed E-state index contributed by atoms with van der Waals surface area (Å²) in [5, 5.41) is 11.1. The molecule has 1 amide bonds. The Bertz CT molecular complexity index is 974. The van der Waals surface area contributed by atoms with Gasteiger partial charge in [0.25, 0.3) is 5.91 Å². The van der Waals surface area contributed by atoms with E-state index < -0.39 is 0 Å². The molecule has 1 fully saturated rings. The standard InChI is InChI=1S/C20H24N6O/c1-14-16-6-4-5-7-17(16)19(23-22-14)26-10-8-15(9-11-26)25(3)20(27)18-12-21-13-24(18)2/h4-7,12-13,15H,8-11H2,1-3H3. The van der Waals surface area contributed by atoms with Crippen molar-refractivity contribution in [3.05, 3.63) is 48.2 Å². The molecule has 1 aromatic carbocycles. The lowest BCUT2D eigenvalue weighted by Crippen LogP contribution is -2.46. The van der Waals surface area contributed by atoms with Crippen LogP contribution in [0.4, 0.5) is 5.82 Å². The largest absolute Gasteiger partial charge is 0.354 e. The predicted molar refractivity (Wildman–Crippen MR) is 105 cm³/mol. The number of anilines is 1. The lowest BCUT2D eigenvalue weighted by Gasteiger charge is -2.37. The Labute approximate surface area is 158 Å². The molecule has 7 heteroatoms. The maximum Gasteiger partial charge on any atom is 0.272 e. The van der Waals surface area contributed by atoms with Crippen LogP contribution in [0.1, 0.15) is 29.0 Å². The maximum atomic E-state index is 12.7. The van der Waals surface area contributed by atoms with Gasteiger partial charge in [-0.25, -0.2) is 4.98 Å². The summed E-state index contributed by atoms with van der Waals surface area (Å²) in [5.41, 5.74) is 1.57. The lowest BCUT2D eigenvalue weighted by atomic mass is 10.0. The van der Waals surface area contributed by atoms with E-state index >= 15 is 0 Å².